The van der Waals surface area contributed by atoms with Gasteiger partial charge in [0.1, 0.15) is 0 Å². The van der Waals surface area contributed by atoms with E-state index in [4.69, 9.17) is 5.11 Å². The molecule has 0 heterocycles. The van der Waals surface area contributed by atoms with Gasteiger partial charge in [-0.15, -0.1) is 0 Å². The van der Waals surface area contributed by atoms with E-state index in [1.54, 1.807) is 0 Å². The Labute approximate surface area is 178 Å². The maximum Gasteiger partial charge on any atom is 0.303 e. The Bertz CT molecular complexity index is 507. The van der Waals surface area contributed by atoms with Crippen LogP contribution in [0.5, 0.6) is 0 Å². The smallest absolute Gasteiger partial charge is 0.303 e. The maximum atomic E-state index is 10.4. The van der Waals surface area contributed by atoms with E-state index in [0.717, 1.165) is 24.8 Å². The van der Waals surface area contributed by atoms with Gasteiger partial charge in [0.2, 0.25) is 0 Å². The topological polar surface area (TPSA) is 57.5 Å². The highest BCUT2D eigenvalue weighted by Gasteiger charge is 2.00. The Kier molecular flexibility index (Phi) is 15.5. The number of carboxylic acid groups (broad SMARTS) is 1. The minimum Gasteiger partial charge on any atom is -0.481 e. The molecule has 3 heteroatoms. The molecule has 0 saturated heterocycles. The van der Waals surface area contributed by atoms with Crippen molar-refractivity contribution in [2.24, 2.45) is 0 Å². The van der Waals surface area contributed by atoms with E-state index in [1.807, 2.05) is 19.1 Å². The number of aliphatic hydroxyl groups is 1. The molecule has 2 N–H and O–H groups in total. The van der Waals surface area contributed by atoms with Crippen molar-refractivity contribution in [3.05, 3.63) is 35.4 Å². The fraction of sp³-hybridized carbons (Fsp3) is 0.731. The molecule has 0 radical (unpaired) electrons. The van der Waals surface area contributed by atoms with Gasteiger partial charge in [0, 0.05) is 6.42 Å². The van der Waals surface area contributed by atoms with Crippen molar-refractivity contribution in [2.75, 3.05) is 0 Å². The van der Waals surface area contributed by atoms with E-state index in [-0.39, 0.29) is 6.10 Å². The fourth-order valence-corrected chi connectivity index (χ4v) is 3.87. The van der Waals surface area contributed by atoms with Gasteiger partial charge in [-0.2, -0.15) is 0 Å². The summed E-state index contributed by atoms with van der Waals surface area (Å²) in [5.41, 5.74) is 2.39. The molecule has 0 aliphatic heterocycles. The Morgan fingerprint density at radius 2 is 1.07 bits per heavy atom. The average molecular weight is 405 g/mol. The number of aryl methyl sites for hydroxylation is 1. The Hall–Kier alpha value is -1.35. The zero-order chi connectivity index (χ0) is 21.2. The lowest BCUT2D eigenvalue weighted by molar-refractivity contribution is -0.137. The van der Waals surface area contributed by atoms with E-state index in [1.165, 1.54) is 89.0 Å². The highest BCUT2D eigenvalue weighted by molar-refractivity contribution is 5.66. The number of carbonyl (C=O) groups is 1. The zero-order valence-corrected chi connectivity index (χ0v) is 18.7. The van der Waals surface area contributed by atoms with Gasteiger partial charge in [-0.05, 0) is 37.3 Å². The van der Waals surface area contributed by atoms with E-state index in [0.29, 0.717) is 6.42 Å². The summed E-state index contributed by atoms with van der Waals surface area (Å²) in [6.07, 6.45) is 20.4. The lowest BCUT2D eigenvalue weighted by atomic mass is 10.0. The SMILES string of the molecule is CC(O)c1ccc(CCCCCCCCCCCCCCCCCC(=O)O)cc1. The molecular formula is C26H44O3. The summed E-state index contributed by atoms with van der Waals surface area (Å²) in [5.74, 6) is -0.662. The van der Waals surface area contributed by atoms with Crippen molar-refractivity contribution < 1.29 is 15.0 Å². The standard InChI is InChI=1S/C26H44O3/c1-23(27)25-21-19-24(20-22-25)17-15-13-11-9-7-5-3-2-4-6-8-10-12-14-16-18-26(28)29/h19-23,27H,2-18H2,1H3,(H,28,29). The van der Waals surface area contributed by atoms with Crippen LogP contribution in [0.25, 0.3) is 0 Å². The van der Waals surface area contributed by atoms with E-state index < -0.39 is 5.97 Å². The molecule has 0 amide bonds. The summed E-state index contributed by atoms with van der Waals surface area (Å²) in [6.45, 7) is 1.81. The van der Waals surface area contributed by atoms with E-state index >= 15 is 0 Å². The number of carboxylic acids is 1. The molecule has 0 aliphatic carbocycles. The quantitative estimate of drug-likeness (QED) is 0.233. The van der Waals surface area contributed by atoms with Crippen LogP contribution >= 0.6 is 0 Å². The number of benzene rings is 1. The Morgan fingerprint density at radius 3 is 1.45 bits per heavy atom. The minimum absolute atomic E-state index is 0.332. The molecule has 1 rings (SSSR count). The third kappa shape index (κ3) is 15.2. The number of hydrogen-bond donors (Lipinski definition) is 2. The molecule has 0 saturated carbocycles. The van der Waals surface area contributed by atoms with E-state index in [9.17, 15) is 9.90 Å². The Balaban J connectivity index is 1.78. The van der Waals surface area contributed by atoms with Crippen molar-refractivity contribution in [1.29, 1.82) is 0 Å². The van der Waals surface area contributed by atoms with Crippen LogP contribution in [0.2, 0.25) is 0 Å². The molecule has 3 nitrogen and oxygen atoms in total. The van der Waals surface area contributed by atoms with Crippen molar-refractivity contribution in [3.63, 3.8) is 0 Å². The van der Waals surface area contributed by atoms with Crippen LogP contribution in [0.15, 0.2) is 24.3 Å². The van der Waals surface area contributed by atoms with Crippen LogP contribution in [0, 0.1) is 0 Å². The van der Waals surface area contributed by atoms with Gasteiger partial charge in [-0.1, -0.05) is 108 Å². The van der Waals surface area contributed by atoms with Crippen molar-refractivity contribution in [1.82, 2.24) is 0 Å². The first-order valence-corrected chi connectivity index (χ1v) is 12.1. The summed E-state index contributed by atoms with van der Waals surface area (Å²) < 4.78 is 0. The van der Waals surface area contributed by atoms with Crippen molar-refractivity contribution in [3.8, 4) is 0 Å². The predicted octanol–water partition coefficient (Wildman–Crippen LogP) is 7.61. The van der Waals surface area contributed by atoms with Gasteiger partial charge in [-0.25, -0.2) is 0 Å². The molecule has 1 aromatic carbocycles. The van der Waals surface area contributed by atoms with Crippen LogP contribution in [0.1, 0.15) is 127 Å². The zero-order valence-electron chi connectivity index (χ0n) is 18.7. The molecule has 1 atom stereocenters. The lowest BCUT2D eigenvalue weighted by Crippen LogP contribution is -1.93. The first-order chi connectivity index (χ1) is 14.1. The van der Waals surface area contributed by atoms with Crippen LogP contribution in [0.4, 0.5) is 0 Å². The van der Waals surface area contributed by atoms with Gasteiger partial charge < -0.3 is 10.2 Å². The number of rotatable bonds is 19. The number of unbranched alkanes of at least 4 members (excludes halogenated alkanes) is 14. The summed E-state index contributed by atoms with van der Waals surface area (Å²) in [7, 11) is 0. The first-order valence-electron chi connectivity index (χ1n) is 12.1. The van der Waals surface area contributed by atoms with Crippen LogP contribution in [-0.2, 0) is 11.2 Å². The molecule has 166 valence electrons. The number of aliphatic carboxylic acids is 1. The van der Waals surface area contributed by atoms with Crippen LogP contribution < -0.4 is 0 Å². The fourth-order valence-electron chi connectivity index (χ4n) is 3.87. The second-order valence-electron chi connectivity index (χ2n) is 8.61. The third-order valence-corrected chi connectivity index (χ3v) is 5.82. The second-order valence-corrected chi connectivity index (χ2v) is 8.61. The molecule has 0 spiro atoms. The summed E-state index contributed by atoms with van der Waals surface area (Å²) in [4.78, 5) is 10.4. The molecule has 0 bridgehead atoms. The van der Waals surface area contributed by atoms with Gasteiger partial charge in [0.15, 0.2) is 0 Å². The molecule has 1 aromatic rings. The van der Waals surface area contributed by atoms with Gasteiger partial charge in [0.25, 0.3) is 0 Å². The highest BCUT2D eigenvalue weighted by Crippen LogP contribution is 2.16. The Morgan fingerprint density at radius 1 is 0.690 bits per heavy atom. The average Bonchev–Trinajstić information content (AvgIpc) is 2.70. The largest absolute Gasteiger partial charge is 0.481 e. The molecule has 0 fully saturated rings. The maximum absolute atomic E-state index is 10.4. The summed E-state index contributed by atoms with van der Waals surface area (Å²) >= 11 is 0. The number of aliphatic hydroxyl groups excluding tert-OH is 1. The van der Waals surface area contributed by atoms with Crippen LogP contribution in [-0.4, -0.2) is 16.2 Å². The third-order valence-electron chi connectivity index (χ3n) is 5.82. The monoisotopic (exact) mass is 404 g/mol. The van der Waals surface area contributed by atoms with Gasteiger partial charge in [-0.3, -0.25) is 4.79 Å². The van der Waals surface area contributed by atoms with Crippen molar-refractivity contribution >= 4 is 5.97 Å². The predicted molar refractivity (Wildman–Crippen MR) is 122 cm³/mol. The van der Waals surface area contributed by atoms with Gasteiger partial charge in [0.05, 0.1) is 6.10 Å². The van der Waals surface area contributed by atoms with E-state index in [2.05, 4.69) is 12.1 Å². The summed E-state index contributed by atoms with van der Waals surface area (Å²) in [6, 6.07) is 8.40. The van der Waals surface area contributed by atoms with Crippen LogP contribution in [0.3, 0.4) is 0 Å². The second kappa shape index (κ2) is 17.5. The molecular weight excluding hydrogens is 360 g/mol. The van der Waals surface area contributed by atoms with Crippen molar-refractivity contribution in [2.45, 2.75) is 122 Å². The first kappa shape index (κ1) is 25.7. The number of hydrogen-bond acceptors (Lipinski definition) is 2. The van der Waals surface area contributed by atoms with Gasteiger partial charge >= 0.3 is 5.97 Å². The summed E-state index contributed by atoms with van der Waals surface area (Å²) in [5, 5.41) is 18.1. The molecule has 29 heavy (non-hydrogen) atoms. The minimum atomic E-state index is -0.662. The molecule has 1 unspecified atom stereocenters. The normalized spacial score (nSPS) is 12.2. The molecule has 0 aromatic heterocycles. The lowest BCUT2D eigenvalue weighted by Gasteiger charge is -2.06. The highest BCUT2D eigenvalue weighted by atomic mass is 16.4. The molecule has 0 aliphatic rings.